The molecule has 0 heterocycles. The SMILES string of the molecule is CC(C)(C)OC(=O)N[C@@H]1[CH]CCCC1. The number of amides is 1. The van der Waals surface area contributed by atoms with E-state index in [1.165, 1.54) is 12.8 Å². The van der Waals surface area contributed by atoms with Crippen molar-refractivity contribution < 1.29 is 9.53 Å². The van der Waals surface area contributed by atoms with Crippen LogP contribution in [0.1, 0.15) is 46.5 Å². The topological polar surface area (TPSA) is 38.3 Å². The number of ether oxygens (including phenoxy) is 1. The summed E-state index contributed by atoms with van der Waals surface area (Å²) < 4.78 is 5.17. The Bertz CT molecular complexity index is 190. The molecule has 0 aromatic heterocycles. The van der Waals surface area contributed by atoms with Crippen LogP contribution >= 0.6 is 0 Å². The van der Waals surface area contributed by atoms with Crippen LogP contribution in [-0.4, -0.2) is 17.7 Å². The van der Waals surface area contributed by atoms with Crippen LogP contribution in [0.5, 0.6) is 0 Å². The van der Waals surface area contributed by atoms with Gasteiger partial charge in [-0.15, -0.1) is 0 Å². The molecule has 81 valence electrons. The van der Waals surface area contributed by atoms with E-state index in [9.17, 15) is 4.79 Å². The van der Waals surface area contributed by atoms with Gasteiger partial charge in [-0.3, -0.25) is 0 Å². The van der Waals surface area contributed by atoms with Crippen molar-refractivity contribution in [3.05, 3.63) is 6.42 Å². The van der Waals surface area contributed by atoms with Gasteiger partial charge in [0.25, 0.3) is 0 Å². The van der Waals surface area contributed by atoms with Gasteiger partial charge in [-0.25, -0.2) is 4.79 Å². The Kier molecular flexibility index (Phi) is 3.78. The van der Waals surface area contributed by atoms with E-state index in [0.29, 0.717) is 0 Å². The van der Waals surface area contributed by atoms with Crippen molar-refractivity contribution in [1.29, 1.82) is 0 Å². The fraction of sp³-hybridized carbons (Fsp3) is 0.818. The van der Waals surface area contributed by atoms with E-state index in [4.69, 9.17) is 4.74 Å². The molecule has 14 heavy (non-hydrogen) atoms. The van der Waals surface area contributed by atoms with E-state index in [1.54, 1.807) is 0 Å². The van der Waals surface area contributed by atoms with Crippen LogP contribution in [0.3, 0.4) is 0 Å². The number of hydrogen-bond donors (Lipinski definition) is 1. The van der Waals surface area contributed by atoms with Crippen molar-refractivity contribution in [2.45, 2.75) is 58.1 Å². The highest BCUT2D eigenvalue weighted by atomic mass is 16.6. The molecule has 0 aliphatic heterocycles. The van der Waals surface area contributed by atoms with Crippen molar-refractivity contribution >= 4 is 6.09 Å². The van der Waals surface area contributed by atoms with Crippen molar-refractivity contribution in [3.63, 3.8) is 0 Å². The molecule has 0 bridgehead atoms. The lowest BCUT2D eigenvalue weighted by Crippen LogP contribution is -2.40. The van der Waals surface area contributed by atoms with Gasteiger partial charge in [0.1, 0.15) is 5.60 Å². The molecule has 1 amide bonds. The second-order valence-corrected chi connectivity index (χ2v) is 4.77. The molecule has 1 fully saturated rings. The molecule has 0 aromatic carbocycles. The summed E-state index contributed by atoms with van der Waals surface area (Å²) in [6.45, 7) is 5.62. The molecule has 1 radical (unpaired) electrons. The van der Waals surface area contributed by atoms with Gasteiger partial charge in [-0.2, -0.15) is 0 Å². The van der Waals surface area contributed by atoms with Gasteiger partial charge in [0.2, 0.25) is 0 Å². The van der Waals surface area contributed by atoms with Crippen molar-refractivity contribution in [1.82, 2.24) is 5.32 Å². The van der Waals surface area contributed by atoms with Crippen molar-refractivity contribution in [3.8, 4) is 0 Å². The standard InChI is InChI=1S/C11H20NO2/c1-11(2,3)14-10(13)12-9-7-5-4-6-8-9/h7,9H,4-6,8H2,1-3H3,(H,12,13)/t9-/m1/s1. The largest absolute Gasteiger partial charge is 0.444 e. The number of alkyl carbamates (subject to hydrolysis) is 1. The number of nitrogens with one attached hydrogen (secondary N) is 1. The Morgan fingerprint density at radius 1 is 1.43 bits per heavy atom. The normalized spacial score (nSPS) is 19.1. The summed E-state index contributed by atoms with van der Waals surface area (Å²) in [4.78, 5) is 11.4. The summed E-state index contributed by atoms with van der Waals surface area (Å²) in [6.07, 6.45) is 6.43. The summed E-state index contributed by atoms with van der Waals surface area (Å²) in [5.41, 5.74) is -0.404. The Balaban J connectivity index is 2.25. The Labute approximate surface area is 86.2 Å². The predicted octanol–water partition coefficient (Wildman–Crippen LogP) is 2.66. The Morgan fingerprint density at radius 3 is 2.64 bits per heavy atom. The molecule has 1 saturated carbocycles. The zero-order valence-electron chi connectivity index (χ0n) is 9.30. The Hall–Kier alpha value is -0.730. The minimum absolute atomic E-state index is 0.207. The van der Waals surface area contributed by atoms with E-state index < -0.39 is 5.60 Å². The van der Waals surface area contributed by atoms with E-state index >= 15 is 0 Å². The lowest BCUT2D eigenvalue weighted by atomic mass is 9.96. The third-order valence-electron chi connectivity index (χ3n) is 2.12. The average molecular weight is 198 g/mol. The third-order valence-corrected chi connectivity index (χ3v) is 2.12. The van der Waals surface area contributed by atoms with E-state index in [-0.39, 0.29) is 12.1 Å². The average Bonchev–Trinajstić information content (AvgIpc) is 2.02. The zero-order valence-corrected chi connectivity index (χ0v) is 9.30. The first-order chi connectivity index (χ1) is 6.47. The van der Waals surface area contributed by atoms with Gasteiger partial charge < -0.3 is 10.1 Å². The van der Waals surface area contributed by atoms with Crippen LogP contribution in [0.4, 0.5) is 4.79 Å². The monoisotopic (exact) mass is 198 g/mol. The summed E-state index contributed by atoms with van der Waals surface area (Å²) in [5.74, 6) is 0. The first-order valence-electron chi connectivity index (χ1n) is 5.30. The molecule has 0 spiro atoms. The van der Waals surface area contributed by atoms with Crippen LogP contribution in [-0.2, 0) is 4.74 Å². The van der Waals surface area contributed by atoms with Crippen LogP contribution < -0.4 is 5.32 Å². The first kappa shape index (κ1) is 11.3. The van der Waals surface area contributed by atoms with Gasteiger partial charge in [-0.05, 0) is 40.0 Å². The highest BCUT2D eigenvalue weighted by Crippen LogP contribution is 2.17. The minimum atomic E-state index is -0.404. The summed E-state index contributed by atoms with van der Waals surface area (Å²) in [5, 5.41) is 2.86. The van der Waals surface area contributed by atoms with Gasteiger partial charge in [0.15, 0.2) is 0 Å². The van der Waals surface area contributed by atoms with Crippen LogP contribution in [0.25, 0.3) is 0 Å². The van der Waals surface area contributed by atoms with Crippen LogP contribution in [0.2, 0.25) is 0 Å². The molecule has 3 heteroatoms. The molecule has 1 atom stereocenters. The lowest BCUT2D eigenvalue weighted by Gasteiger charge is -2.25. The molecular weight excluding hydrogens is 178 g/mol. The van der Waals surface area contributed by atoms with Gasteiger partial charge in [0, 0.05) is 6.04 Å². The molecular formula is C11H20NO2. The smallest absolute Gasteiger partial charge is 0.407 e. The Morgan fingerprint density at radius 2 is 2.14 bits per heavy atom. The van der Waals surface area contributed by atoms with Crippen molar-refractivity contribution in [2.24, 2.45) is 0 Å². The van der Waals surface area contributed by atoms with E-state index in [2.05, 4.69) is 11.7 Å². The molecule has 1 aliphatic carbocycles. The fourth-order valence-corrected chi connectivity index (χ4v) is 1.54. The number of carbonyl (C=O) groups excluding carboxylic acids is 1. The first-order valence-corrected chi connectivity index (χ1v) is 5.30. The molecule has 0 unspecified atom stereocenters. The third kappa shape index (κ3) is 4.49. The molecule has 0 saturated heterocycles. The molecule has 1 aliphatic rings. The number of rotatable bonds is 1. The zero-order chi connectivity index (χ0) is 10.6. The summed E-state index contributed by atoms with van der Waals surface area (Å²) >= 11 is 0. The summed E-state index contributed by atoms with van der Waals surface area (Å²) in [6, 6.07) is 0.207. The molecule has 1 N–H and O–H groups in total. The van der Waals surface area contributed by atoms with E-state index in [1.807, 2.05) is 20.8 Å². The second-order valence-electron chi connectivity index (χ2n) is 4.77. The maximum absolute atomic E-state index is 11.4. The maximum atomic E-state index is 11.4. The van der Waals surface area contributed by atoms with Crippen molar-refractivity contribution in [2.75, 3.05) is 0 Å². The number of carbonyl (C=O) groups is 1. The summed E-state index contributed by atoms with van der Waals surface area (Å²) in [7, 11) is 0. The molecule has 3 nitrogen and oxygen atoms in total. The van der Waals surface area contributed by atoms with Gasteiger partial charge in [0.05, 0.1) is 0 Å². The molecule has 1 rings (SSSR count). The highest BCUT2D eigenvalue weighted by molar-refractivity contribution is 5.68. The van der Waals surface area contributed by atoms with Crippen LogP contribution in [0.15, 0.2) is 0 Å². The second kappa shape index (κ2) is 4.67. The maximum Gasteiger partial charge on any atom is 0.407 e. The van der Waals surface area contributed by atoms with Gasteiger partial charge >= 0.3 is 6.09 Å². The van der Waals surface area contributed by atoms with Crippen LogP contribution in [0, 0.1) is 6.42 Å². The predicted molar refractivity (Wildman–Crippen MR) is 55.9 cm³/mol. The highest BCUT2D eigenvalue weighted by Gasteiger charge is 2.20. The van der Waals surface area contributed by atoms with E-state index in [0.717, 1.165) is 12.8 Å². The van der Waals surface area contributed by atoms with Gasteiger partial charge in [-0.1, -0.05) is 12.8 Å². The quantitative estimate of drug-likeness (QED) is 0.703. The lowest BCUT2D eigenvalue weighted by molar-refractivity contribution is 0.0505. The molecule has 0 aromatic rings. The minimum Gasteiger partial charge on any atom is -0.444 e. The fourth-order valence-electron chi connectivity index (χ4n) is 1.54. The number of hydrogen-bond acceptors (Lipinski definition) is 2.